The first-order valence-corrected chi connectivity index (χ1v) is 8.82. The van der Waals surface area contributed by atoms with Crippen LogP contribution in [0.5, 0.6) is 0 Å². The van der Waals surface area contributed by atoms with Crippen molar-refractivity contribution in [1.29, 1.82) is 0 Å². The van der Waals surface area contributed by atoms with E-state index in [9.17, 15) is 8.42 Å². The zero-order valence-electron chi connectivity index (χ0n) is 12.8. The van der Waals surface area contributed by atoms with E-state index in [0.29, 0.717) is 11.4 Å². The molecule has 1 aliphatic rings. The molecule has 2 N–H and O–H groups in total. The highest BCUT2D eigenvalue weighted by Gasteiger charge is 2.15. The lowest BCUT2D eigenvalue weighted by Crippen LogP contribution is -2.23. The van der Waals surface area contributed by atoms with Crippen LogP contribution in [0.3, 0.4) is 0 Å². The molecule has 0 amide bonds. The molecule has 0 fully saturated rings. The van der Waals surface area contributed by atoms with Gasteiger partial charge in [-0.05, 0) is 53.8 Å². The minimum absolute atomic E-state index is 0.308. The maximum atomic E-state index is 12.4. The topological polar surface area (TPSA) is 58.2 Å². The van der Waals surface area contributed by atoms with Gasteiger partial charge in [0.1, 0.15) is 0 Å². The standard InChI is InChI=1S/C17H20N2O2S/c1-12-3-6-17(7-13(12)2)22(20,21)19-9-14-4-5-15-10-18-11-16(15)8-14/h3-8,18-19H,9-11H2,1-2H3. The summed E-state index contributed by atoms with van der Waals surface area (Å²) in [4.78, 5) is 0.318. The Balaban J connectivity index is 1.76. The van der Waals surface area contributed by atoms with E-state index >= 15 is 0 Å². The Kier molecular flexibility index (Phi) is 4.04. The molecule has 2 aromatic rings. The third kappa shape index (κ3) is 3.06. The Morgan fingerprint density at radius 2 is 1.77 bits per heavy atom. The van der Waals surface area contributed by atoms with Gasteiger partial charge in [-0.25, -0.2) is 13.1 Å². The van der Waals surface area contributed by atoms with Gasteiger partial charge >= 0.3 is 0 Å². The number of hydrogen-bond donors (Lipinski definition) is 2. The Labute approximate surface area is 131 Å². The molecule has 0 atom stereocenters. The number of benzene rings is 2. The molecule has 1 aliphatic heterocycles. The van der Waals surface area contributed by atoms with Crippen molar-refractivity contribution >= 4 is 10.0 Å². The fourth-order valence-electron chi connectivity index (χ4n) is 2.60. The van der Waals surface area contributed by atoms with Crippen molar-refractivity contribution in [1.82, 2.24) is 10.0 Å². The number of fused-ring (bicyclic) bond motifs is 1. The van der Waals surface area contributed by atoms with Crippen LogP contribution in [0.4, 0.5) is 0 Å². The van der Waals surface area contributed by atoms with E-state index in [1.54, 1.807) is 12.1 Å². The molecule has 22 heavy (non-hydrogen) atoms. The third-order valence-electron chi connectivity index (χ3n) is 4.16. The maximum absolute atomic E-state index is 12.4. The van der Waals surface area contributed by atoms with E-state index in [-0.39, 0.29) is 0 Å². The lowest BCUT2D eigenvalue weighted by atomic mass is 10.1. The van der Waals surface area contributed by atoms with E-state index < -0.39 is 10.0 Å². The molecule has 0 unspecified atom stereocenters. The summed E-state index contributed by atoms with van der Waals surface area (Å²) < 4.78 is 27.4. The number of aryl methyl sites for hydroxylation is 2. The highest BCUT2D eigenvalue weighted by molar-refractivity contribution is 7.89. The summed E-state index contributed by atoms with van der Waals surface area (Å²) in [6.07, 6.45) is 0. The maximum Gasteiger partial charge on any atom is 0.240 e. The Hall–Kier alpha value is -1.69. The third-order valence-corrected chi connectivity index (χ3v) is 5.56. The second-order valence-corrected chi connectivity index (χ2v) is 7.54. The van der Waals surface area contributed by atoms with Gasteiger partial charge in [0.25, 0.3) is 0 Å². The second kappa shape index (κ2) is 5.83. The quantitative estimate of drug-likeness (QED) is 0.910. The first-order valence-electron chi connectivity index (χ1n) is 7.34. The first-order chi connectivity index (χ1) is 10.5. The van der Waals surface area contributed by atoms with E-state index in [4.69, 9.17) is 0 Å². The molecule has 5 heteroatoms. The van der Waals surface area contributed by atoms with Crippen LogP contribution in [0, 0.1) is 13.8 Å². The number of hydrogen-bond acceptors (Lipinski definition) is 3. The predicted octanol–water partition coefficient (Wildman–Crippen LogP) is 2.39. The molecule has 0 saturated heterocycles. The van der Waals surface area contributed by atoms with Crippen molar-refractivity contribution < 1.29 is 8.42 Å². The number of sulfonamides is 1. The summed E-state index contributed by atoms with van der Waals surface area (Å²) in [5.41, 5.74) is 5.59. The van der Waals surface area contributed by atoms with Crippen molar-refractivity contribution in [3.8, 4) is 0 Å². The zero-order chi connectivity index (χ0) is 15.7. The molecule has 1 heterocycles. The zero-order valence-corrected chi connectivity index (χ0v) is 13.6. The number of nitrogens with one attached hydrogen (secondary N) is 2. The molecular formula is C17H20N2O2S. The highest BCUT2D eigenvalue weighted by Crippen LogP contribution is 2.18. The van der Waals surface area contributed by atoms with Crippen LogP contribution in [0.1, 0.15) is 27.8 Å². The highest BCUT2D eigenvalue weighted by atomic mass is 32.2. The van der Waals surface area contributed by atoms with Crippen LogP contribution >= 0.6 is 0 Å². The van der Waals surface area contributed by atoms with Gasteiger partial charge in [0.2, 0.25) is 10.0 Å². The van der Waals surface area contributed by atoms with Crippen LogP contribution in [0.15, 0.2) is 41.3 Å². The minimum atomic E-state index is -3.48. The summed E-state index contributed by atoms with van der Waals surface area (Å²) in [5, 5.41) is 3.29. The molecule has 4 nitrogen and oxygen atoms in total. The van der Waals surface area contributed by atoms with Gasteiger partial charge in [0.05, 0.1) is 4.90 Å². The molecule has 0 saturated carbocycles. The molecule has 0 aliphatic carbocycles. The van der Waals surface area contributed by atoms with Gasteiger partial charge in [-0.3, -0.25) is 0 Å². The van der Waals surface area contributed by atoms with Gasteiger partial charge in [0, 0.05) is 19.6 Å². The van der Waals surface area contributed by atoms with E-state index in [2.05, 4.69) is 22.2 Å². The van der Waals surface area contributed by atoms with Gasteiger partial charge in [0.15, 0.2) is 0 Å². The Bertz CT molecular complexity index is 813. The van der Waals surface area contributed by atoms with Gasteiger partial charge in [-0.15, -0.1) is 0 Å². The fraction of sp³-hybridized carbons (Fsp3) is 0.294. The van der Waals surface area contributed by atoms with Gasteiger partial charge in [-0.2, -0.15) is 0 Å². The SMILES string of the molecule is Cc1ccc(S(=O)(=O)NCc2ccc3c(c2)CNC3)cc1C. The average Bonchev–Trinajstić information content (AvgIpc) is 2.95. The van der Waals surface area contributed by atoms with Gasteiger partial charge < -0.3 is 5.32 Å². The summed E-state index contributed by atoms with van der Waals surface area (Å²) in [7, 11) is -3.48. The van der Waals surface area contributed by atoms with Crippen molar-refractivity contribution in [3.63, 3.8) is 0 Å². The lowest BCUT2D eigenvalue weighted by molar-refractivity contribution is 0.581. The van der Waals surface area contributed by atoms with Crippen LogP contribution < -0.4 is 10.0 Å². The molecule has 2 aromatic carbocycles. The van der Waals surface area contributed by atoms with E-state index in [0.717, 1.165) is 29.8 Å². The van der Waals surface area contributed by atoms with Crippen LogP contribution in [-0.4, -0.2) is 8.42 Å². The fourth-order valence-corrected chi connectivity index (χ4v) is 3.70. The Morgan fingerprint density at radius 1 is 1.00 bits per heavy atom. The molecule has 0 aromatic heterocycles. The summed E-state index contributed by atoms with van der Waals surface area (Å²) in [6.45, 7) is 5.94. The largest absolute Gasteiger partial charge is 0.309 e. The molecule has 0 spiro atoms. The average molecular weight is 316 g/mol. The first kappa shape index (κ1) is 15.2. The minimum Gasteiger partial charge on any atom is -0.309 e. The summed E-state index contributed by atoms with van der Waals surface area (Å²) in [6, 6.07) is 11.3. The van der Waals surface area contributed by atoms with Crippen LogP contribution in [0.25, 0.3) is 0 Å². The smallest absolute Gasteiger partial charge is 0.240 e. The monoisotopic (exact) mass is 316 g/mol. The van der Waals surface area contributed by atoms with Crippen molar-refractivity contribution in [2.45, 2.75) is 38.4 Å². The van der Waals surface area contributed by atoms with E-state index in [1.807, 2.05) is 26.0 Å². The summed E-state index contributed by atoms with van der Waals surface area (Å²) in [5.74, 6) is 0. The van der Waals surface area contributed by atoms with Crippen LogP contribution in [-0.2, 0) is 29.7 Å². The van der Waals surface area contributed by atoms with Crippen molar-refractivity contribution in [2.75, 3.05) is 0 Å². The second-order valence-electron chi connectivity index (χ2n) is 5.78. The van der Waals surface area contributed by atoms with E-state index in [1.165, 1.54) is 11.1 Å². The lowest BCUT2D eigenvalue weighted by Gasteiger charge is -2.09. The molecule has 0 radical (unpaired) electrons. The molecule has 0 bridgehead atoms. The predicted molar refractivity (Wildman–Crippen MR) is 86.9 cm³/mol. The normalized spacial score (nSPS) is 14.1. The van der Waals surface area contributed by atoms with Gasteiger partial charge in [-0.1, -0.05) is 24.3 Å². The molecule has 3 rings (SSSR count). The Morgan fingerprint density at radius 3 is 2.55 bits per heavy atom. The molecule has 116 valence electrons. The van der Waals surface area contributed by atoms with Crippen LogP contribution in [0.2, 0.25) is 0 Å². The van der Waals surface area contributed by atoms with Crippen molar-refractivity contribution in [2.24, 2.45) is 0 Å². The molecular weight excluding hydrogens is 296 g/mol. The van der Waals surface area contributed by atoms with Crippen molar-refractivity contribution in [3.05, 3.63) is 64.2 Å². The number of rotatable bonds is 4. The summed E-state index contributed by atoms with van der Waals surface area (Å²) >= 11 is 0.